The lowest BCUT2D eigenvalue weighted by Crippen LogP contribution is -2.10. The molecule has 1 N–H and O–H groups in total. The van der Waals surface area contributed by atoms with Crippen molar-refractivity contribution < 1.29 is 0 Å². The summed E-state index contributed by atoms with van der Waals surface area (Å²) in [6.07, 6.45) is 5.50. The van der Waals surface area contributed by atoms with Crippen LogP contribution in [0.25, 0.3) is 22.0 Å². The quantitative estimate of drug-likeness (QED) is 0.619. The Labute approximate surface area is 145 Å². The summed E-state index contributed by atoms with van der Waals surface area (Å²) in [5.41, 5.74) is 2.92. The van der Waals surface area contributed by atoms with Gasteiger partial charge in [-0.25, -0.2) is 4.98 Å². The van der Waals surface area contributed by atoms with Crippen LogP contribution < -0.4 is 5.32 Å². The average molecular weight is 330 g/mol. The second-order valence-electron chi connectivity index (χ2n) is 6.01. The van der Waals surface area contributed by atoms with Crippen molar-refractivity contribution in [2.24, 2.45) is 7.05 Å². The molecule has 0 aliphatic heterocycles. The minimum Gasteiger partial charge on any atom is -0.346 e. The molecular formula is C19H18N6. The van der Waals surface area contributed by atoms with Crippen LogP contribution in [0.15, 0.2) is 61.1 Å². The molecule has 25 heavy (non-hydrogen) atoms. The molecule has 0 saturated carbocycles. The number of benzene rings is 2. The first-order chi connectivity index (χ1) is 12.2. The van der Waals surface area contributed by atoms with Gasteiger partial charge in [0.05, 0.1) is 24.1 Å². The highest BCUT2D eigenvalue weighted by molar-refractivity contribution is 5.95. The Bertz CT molecular complexity index is 1020. The average Bonchev–Trinajstić information content (AvgIpc) is 3.08. The zero-order valence-electron chi connectivity index (χ0n) is 14.1. The van der Waals surface area contributed by atoms with Gasteiger partial charge in [0.2, 0.25) is 5.95 Å². The molecule has 4 rings (SSSR count). The molecule has 1 unspecified atom stereocenters. The van der Waals surface area contributed by atoms with Crippen LogP contribution in [-0.2, 0) is 7.05 Å². The van der Waals surface area contributed by atoms with Crippen molar-refractivity contribution in [2.45, 2.75) is 13.0 Å². The molecule has 0 bridgehead atoms. The molecule has 2 aromatic carbocycles. The number of hydrogen-bond donors (Lipinski definition) is 1. The smallest absolute Gasteiger partial charge is 0.243 e. The second kappa shape index (κ2) is 6.32. The van der Waals surface area contributed by atoms with Crippen LogP contribution in [0, 0.1) is 0 Å². The van der Waals surface area contributed by atoms with E-state index in [-0.39, 0.29) is 6.04 Å². The van der Waals surface area contributed by atoms with Gasteiger partial charge in [0.25, 0.3) is 0 Å². The monoisotopic (exact) mass is 330 g/mol. The zero-order valence-corrected chi connectivity index (χ0v) is 14.1. The fourth-order valence-electron chi connectivity index (χ4n) is 2.88. The van der Waals surface area contributed by atoms with Gasteiger partial charge in [-0.15, -0.1) is 5.10 Å². The summed E-state index contributed by atoms with van der Waals surface area (Å²) in [7, 11) is 1.90. The zero-order chi connectivity index (χ0) is 17.2. The number of rotatable bonds is 4. The van der Waals surface area contributed by atoms with Gasteiger partial charge in [-0.1, -0.05) is 42.5 Å². The first-order valence-corrected chi connectivity index (χ1v) is 8.13. The van der Waals surface area contributed by atoms with Gasteiger partial charge in [-0.2, -0.15) is 10.2 Å². The third-order valence-corrected chi connectivity index (χ3v) is 4.19. The van der Waals surface area contributed by atoms with E-state index in [4.69, 9.17) is 0 Å². The third kappa shape index (κ3) is 3.06. The summed E-state index contributed by atoms with van der Waals surface area (Å²) in [4.78, 5) is 4.65. The van der Waals surface area contributed by atoms with Gasteiger partial charge in [0.1, 0.15) is 0 Å². The van der Waals surface area contributed by atoms with Crippen molar-refractivity contribution in [1.29, 1.82) is 0 Å². The summed E-state index contributed by atoms with van der Waals surface area (Å²) in [6, 6.07) is 14.5. The summed E-state index contributed by atoms with van der Waals surface area (Å²) < 4.78 is 1.78. The topological polar surface area (TPSA) is 68.5 Å². The summed E-state index contributed by atoms with van der Waals surface area (Å²) in [6.45, 7) is 2.05. The van der Waals surface area contributed by atoms with Crippen LogP contribution in [0.4, 0.5) is 5.95 Å². The van der Waals surface area contributed by atoms with Gasteiger partial charge in [0.15, 0.2) is 0 Å². The number of aryl methyl sites for hydroxylation is 1. The predicted molar refractivity (Wildman–Crippen MR) is 98.0 cm³/mol. The van der Waals surface area contributed by atoms with Crippen molar-refractivity contribution in [2.75, 3.05) is 5.32 Å². The number of aromatic nitrogens is 5. The number of fused-ring (bicyclic) bond motifs is 1. The molecule has 6 heteroatoms. The summed E-state index contributed by atoms with van der Waals surface area (Å²) in [5.74, 6) is 0.502. The van der Waals surface area contributed by atoms with Crippen LogP contribution in [0.5, 0.6) is 0 Å². The highest BCUT2D eigenvalue weighted by atomic mass is 15.3. The summed E-state index contributed by atoms with van der Waals surface area (Å²) >= 11 is 0. The van der Waals surface area contributed by atoms with E-state index in [1.165, 1.54) is 5.39 Å². The standard InChI is InChI=1S/C19H18N6/c1-13(15-10-21-25(2)12-15)22-19-23-18(11-20-24-19)17-9-5-7-14-6-3-4-8-16(14)17/h3-13H,1-2H3,(H,22,23,24). The van der Waals surface area contributed by atoms with E-state index in [0.29, 0.717) is 5.95 Å². The Morgan fingerprint density at radius 3 is 2.72 bits per heavy atom. The maximum absolute atomic E-state index is 4.65. The predicted octanol–water partition coefficient (Wildman–Crippen LogP) is 3.60. The molecule has 0 aliphatic carbocycles. The number of hydrogen-bond acceptors (Lipinski definition) is 5. The van der Waals surface area contributed by atoms with E-state index in [9.17, 15) is 0 Å². The molecule has 2 aromatic heterocycles. The van der Waals surface area contributed by atoms with E-state index in [1.807, 2.05) is 44.6 Å². The lowest BCUT2D eigenvalue weighted by molar-refractivity contribution is 0.764. The van der Waals surface area contributed by atoms with Gasteiger partial charge in [-0.3, -0.25) is 4.68 Å². The lowest BCUT2D eigenvalue weighted by atomic mass is 10.0. The Kier molecular flexibility index (Phi) is 3.85. The molecule has 0 amide bonds. The molecular weight excluding hydrogens is 312 g/mol. The van der Waals surface area contributed by atoms with E-state index in [2.05, 4.69) is 49.9 Å². The third-order valence-electron chi connectivity index (χ3n) is 4.19. The van der Waals surface area contributed by atoms with E-state index in [0.717, 1.165) is 22.2 Å². The Morgan fingerprint density at radius 1 is 1.04 bits per heavy atom. The molecule has 0 fully saturated rings. The fourth-order valence-corrected chi connectivity index (χ4v) is 2.88. The summed E-state index contributed by atoms with van der Waals surface area (Å²) in [5, 5.41) is 18.1. The minimum absolute atomic E-state index is 0.0401. The van der Waals surface area contributed by atoms with Crippen molar-refractivity contribution in [1.82, 2.24) is 25.0 Å². The van der Waals surface area contributed by atoms with Gasteiger partial charge >= 0.3 is 0 Å². The Balaban J connectivity index is 1.67. The number of nitrogens with zero attached hydrogens (tertiary/aromatic N) is 5. The van der Waals surface area contributed by atoms with Crippen molar-refractivity contribution in [3.8, 4) is 11.3 Å². The SMILES string of the molecule is CC(Nc1nncc(-c2cccc3ccccc23)n1)c1cnn(C)c1. The van der Waals surface area contributed by atoms with Crippen molar-refractivity contribution >= 4 is 16.7 Å². The maximum atomic E-state index is 4.65. The first-order valence-electron chi connectivity index (χ1n) is 8.13. The molecule has 4 aromatic rings. The number of nitrogens with one attached hydrogen (secondary N) is 1. The van der Waals surface area contributed by atoms with Gasteiger partial charge in [0, 0.05) is 24.4 Å². The van der Waals surface area contributed by atoms with E-state index < -0.39 is 0 Å². The second-order valence-corrected chi connectivity index (χ2v) is 6.01. The van der Waals surface area contributed by atoms with Crippen molar-refractivity contribution in [3.05, 3.63) is 66.6 Å². The maximum Gasteiger partial charge on any atom is 0.243 e. The van der Waals surface area contributed by atoms with Gasteiger partial charge < -0.3 is 5.32 Å². The van der Waals surface area contributed by atoms with E-state index >= 15 is 0 Å². The minimum atomic E-state index is 0.0401. The fraction of sp³-hybridized carbons (Fsp3) is 0.158. The van der Waals surface area contributed by atoms with Crippen LogP contribution in [0.1, 0.15) is 18.5 Å². The highest BCUT2D eigenvalue weighted by Gasteiger charge is 2.11. The van der Waals surface area contributed by atoms with Crippen LogP contribution in [0.2, 0.25) is 0 Å². The normalized spacial score (nSPS) is 12.2. The Hall–Kier alpha value is -3.28. The van der Waals surface area contributed by atoms with Crippen LogP contribution in [-0.4, -0.2) is 25.0 Å². The molecule has 124 valence electrons. The molecule has 0 spiro atoms. The number of anilines is 1. The molecule has 0 saturated heterocycles. The molecule has 0 radical (unpaired) electrons. The molecule has 2 heterocycles. The van der Waals surface area contributed by atoms with Crippen LogP contribution >= 0.6 is 0 Å². The largest absolute Gasteiger partial charge is 0.346 e. The van der Waals surface area contributed by atoms with Crippen LogP contribution in [0.3, 0.4) is 0 Å². The first kappa shape index (κ1) is 15.3. The molecule has 6 nitrogen and oxygen atoms in total. The Morgan fingerprint density at radius 2 is 1.88 bits per heavy atom. The van der Waals surface area contributed by atoms with E-state index in [1.54, 1.807) is 10.9 Å². The molecule has 0 aliphatic rings. The van der Waals surface area contributed by atoms with Gasteiger partial charge in [-0.05, 0) is 17.7 Å². The van der Waals surface area contributed by atoms with Crippen molar-refractivity contribution in [3.63, 3.8) is 0 Å². The lowest BCUT2D eigenvalue weighted by Gasteiger charge is -2.12. The highest BCUT2D eigenvalue weighted by Crippen LogP contribution is 2.27. The molecule has 1 atom stereocenters.